The zero-order chi connectivity index (χ0) is 15.5. The minimum Gasteiger partial charge on any atom is -0.388 e. The van der Waals surface area contributed by atoms with Crippen LogP contribution in [0.1, 0.15) is 46.0 Å². The van der Waals surface area contributed by atoms with Crippen molar-refractivity contribution in [2.45, 2.75) is 57.6 Å². The summed E-state index contributed by atoms with van der Waals surface area (Å²) in [5.74, 6) is 0. The van der Waals surface area contributed by atoms with Crippen molar-refractivity contribution in [2.75, 3.05) is 39.8 Å². The molecule has 2 saturated heterocycles. The molecule has 0 aliphatic carbocycles. The number of piperidine rings is 2. The Kier molecular flexibility index (Phi) is 5.49. The van der Waals surface area contributed by atoms with Crippen molar-refractivity contribution in [3.8, 4) is 0 Å². The van der Waals surface area contributed by atoms with E-state index in [0.717, 1.165) is 19.6 Å². The van der Waals surface area contributed by atoms with E-state index < -0.39 is 5.60 Å². The van der Waals surface area contributed by atoms with Gasteiger partial charge in [0, 0.05) is 32.7 Å². The van der Waals surface area contributed by atoms with Crippen molar-refractivity contribution in [3.63, 3.8) is 0 Å². The minimum atomic E-state index is -0.607. The van der Waals surface area contributed by atoms with Crippen LogP contribution < -0.4 is 0 Å². The molecule has 122 valence electrons. The van der Waals surface area contributed by atoms with Gasteiger partial charge in [-0.15, -0.1) is 0 Å². The van der Waals surface area contributed by atoms with Crippen LogP contribution >= 0.6 is 0 Å². The SMILES string of the molecule is CC(C)N(C)C(=O)N1CCC(O)(CN2CCCCC2)CC1. The van der Waals surface area contributed by atoms with Gasteiger partial charge in [0.1, 0.15) is 0 Å². The number of hydrogen-bond acceptors (Lipinski definition) is 3. The minimum absolute atomic E-state index is 0.0880. The molecule has 5 nitrogen and oxygen atoms in total. The summed E-state index contributed by atoms with van der Waals surface area (Å²) in [7, 11) is 1.85. The first kappa shape index (κ1) is 16.6. The molecule has 5 heteroatoms. The summed E-state index contributed by atoms with van der Waals surface area (Å²) in [5, 5.41) is 10.8. The zero-order valence-electron chi connectivity index (χ0n) is 13.8. The summed E-state index contributed by atoms with van der Waals surface area (Å²) < 4.78 is 0. The maximum atomic E-state index is 12.3. The quantitative estimate of drug-likeness (QED) is 0.863. The van der Waals surface area contributed by atoms with Crippen molar-refractivity contribution >= 4 is 6.03 Å². The maximum Gasteiger partial charge on any atom is 0.319 e. The molecule has 2 aliphatic rings. The van der Waals surface area contributed by atoms with Crippen LogP contribution in [-0.4, -0.2) is 77.3 Å². The fraction of sp³-hybridized carbons (Fsp3) is 0.938. The molecule has 21 heavy (non-hydrogen) atoms. The molecule has 2 fully saturated rings. The van der Waals surface area contributed by atoms with Gasteiger partial charge in [-0.3, -0.25) is 0 Å². The van der Waals surface area contributed by atoms with E-state index in [9.17, 15) is 9.90 Å². The molecule has 0 aromatic heterocycles. The van der Waals surface area contributed by atoms with Gasteiger partial charge in [0.25, 0.3) is 0 Å². The van der Waals surface area contributed by atoms with E-state index in [1.54, 1.807) is 4.90 Å². The van der Waals surface area contributed by atoms with E-state index in [1.165, 1.54) is 19.3 Å². The molecule has 0 saturated carbocycles. The fourth-order valence-electron chi connectivity index (χ4n) is 3.25. The van der Waals surface area contributed by atoms with Crippen LogP contribution in [0.3, 0.4) is 0 Å². The standard InChI is InChI=1S/C16H31N3O2/c1-14(2)17(3)15(20)19-11-7-16(21,8-12-19)13-18-9-5-4-6-10-18/h14,21H,4-13H2,1-3H3. The van der Waals surface area contributed by atoms with E-state index >= 15 is 0 Å². The Morgan fingerprint density at radius 2 is 1.71 bits per heavy atom. The molecule has 0 aromatic carbocycles. The third kappa shape index (κ3) is 4.33. The van der Waals surface area contributed by atoms with Crippen LogP contribution in [0.5, 0.6) is 0 Å². The Morgan fingerprint density at radius 1 is 1.14 bits per heavy atom. The average Bonchev–Trinajstić information content (AvgIpc) is 2.47. The molecule has 0 unspecified atom stereocenters. The molecule has 2 heterocycles. The van der Waals surface area contributed by atoms with Gasteiger partial charge in [0.05, 0.1) is 5.60 Å². The predicted octanol–water partition coefficient (Wildman–Crippen LogP) is 1.76. The van der Waals surface area contributed by atoms with Crippen molar-refractivity contribution in [1.29, 1.82) is 0 Å². The second-order valence-corrected chi connectivity index (χ2v) is 7.04. The lowest BCUT2D eigenvalue weighted by Crippen LogP contribution is -2.55. The second-order valence-electron chi connectivity index (χ2n) is 7.04. The second kappa shape index (κ2) is 6.97. The molecular weight excluding hydrogens is 266 g/mol. The lowest BCUT2D eigenvalue weighted by atomic mass is 9.90. The molecule has 0 aromatic rings. The molecule has 0 spiro atoms. The van der Waals surface area contributed by atoms with Crippen LogP contribution in [0.25, 0.3) is 0 Å². The molecule has 2 aliphatic heterocycles. The zero-order valence-corrected chi connectivity index (χ0v) is 13.8. The van der Waals surface area contributed by atoms with Gasteiger partial charge in [-0.05, 0) is 52.6 Å². The molecule has 1 N–H and O–H groups in total. The first-order chi connectivity index (χ1) is 9.91. The van der Waals surface area contributed by atoms with E-state index in [0.29, 0.717) is 25.9 Å². The third-order valence-corrected chi connectivity index (χ3v) is 5.01. The highest BCUT2D eigenvalue weighted by Gasteiger charge is 2.36. The lowest BCUT2D eigenvalue weighted by Gasteiger charge is -2.42. The Hall–Kier alpha value is -0.810. The number of amides is 2. The number of β-amino-alcohol motifs (C(OH)–C–C–N with tert-alkyl or cyclic N) is 1. The number of urea groups is 1. The summed E-state index contributed by atoms with van der Waals surface area (Å²) in [5.41, 5.74) is -0.607. The Balaban J connectivity index is 1.82. The molecule has 0 bridgehead atoms. The summed E-state index contributed by atoms with van der Waals surface area (Å²) >= 11 is 0. The molecule has 0 atom stereocenters. The predicted molar refractivity (Wildman–Crippen MR) is 84.3 cm³/mol. The van der Waals surface area contributed by atoms with Gasteiger partial charge in [0.15, 0.2) is 0 Å². The highest BCUT2D eigenvalue weighted by Crippen LogP contribution is 2.25. The fourth-order valence-corrected chi connectivity index (χ4v) is 3.25. The van der Waals surface area contributed by atoms with Crippen molar-refractivity contribution < 1.29 is 9.90 Å². The number of nitrogens with zero attached hydrogens (tertiary/aromatic N) is 3. The topological polar surface area (TPSA) is 47.0 Å². The van der Waals surface area contributed by atoms with Crippen molar-refractivity contribution in [1.82, 2.24) is 14.7 Å². The number of rotatable bonds is 3. The van der Waals surface area contributed by atoms with Crippen molar-refractivity contribution in [3.05, 3.63) is 0 Å². The number of aliphatic hydroxyl groups is 1. The number of carbonyl (C=O) groups is 1. The van der Waals surface area contributed by atoms with Gasteiger partial charge >= 0.3 is 6.03 Å². The molecule has 0 radical (unpaired) electrons. The highest BCUT2D eigenvalue weighted by atomic mass is 16.3. The van der Waals surface area contributed by atoms with E-state index in [2.05, 4.69) is 4.90 Å². The summed E-state index contributed by atoms with van der Waals surface area (Å²) in [6, 6.07) is 0.302. The monoisotopic (exact) mass is 297 g/mol. The Morgan fingerprint density at radius 3 is 2.24 bits per heavy atom. The van der Waals surface area contributed by atoms with Gasteiger partial charge in [-0.2, -0.15) is 0 Å². The molecule has 2 amide bonds. The lowest BCUT2D eigenvalue weighted by molar-refractivity contribution is -0.0430. The summed E-state index contributed by atoms with van der Waals surface area (Å²) in [6.45, 7) is 8.38. The number of likely N-dealkylation sites (tertiary alicyclic amines) is 2. The third-order valence-electron chi connectivity index (χ3n) is 5.01. The largest absolute Gasteiger partial charge is 0.388 e. The maximum absolute atomic E-state index is 12.3. The van der Waals surface area contributed by atoms with Gasteiger partial charge in [-0.1, -0.05) is 6.42 Å². The van der Waals surface area contributed by atoms with Crippen LogP contribution in [-0.2, 0) is 0 Å². The van der Waals surface area contributed by atoms with Gasteiger partial charge in [0.2, 0.25) is 0 Å². The van der Waals surface area contributed by atoms with E-state index in [-0.39, 0.29) is 12.1 Å². The summed E-state index contributed by atoms with van der Waals surface area (Å²) in [4.78, 5) is 18.3. The smallest absolute Gasteiger partial charge is 0.319 e. The number of carbonyl (C=O) groups excluding carboxylic acids is 1. The van der Waals surface area contributed by atoms with Crippen LogP contribution in [0.4, 0.5) is 4.79 Å². The Labute approximate surface area is 128 Å². The highest BCUT2D eigenvalue weighted by molar-refractivity contribution is 5.74. The van der Waals surface area contributed by atoms with Crippen molar-refractivity contribution in [2.24, 2.45) is 0 Å². The first-order valence-electron chi connectivity index (χ1n) is 8.38. The van der Waals surface area contributed by atoms with Crippen LogP contribution in [0.2, 0.25) is 0 Å². The molecule has 2 rings (SSSR count). The van der Waals surface area contributed by atoms with Gasteiger partial charge in [-0.25, -0.2) is 4.79 Å². The molecular formula is C16H31N3O2. The van der Waals surface area contributed by atoms with Crippen LogP contribution in [0.15, 0.2) is 0 Å². The Bertz CT molecular complexity index is 345. The summed E-state index contributed by atoms with van der Waals surface area (Å²) in [6.07, 6.45) is 5.21. The van der Waals surface area contributed by atoms with Crippen LogP contribution in [0, 0.1) is 0 Å². The average molecular weight is 297 g/mol. The van der Waals surface area contributed by atoms with E-state index in [4.69, 9.17) is 0 Å². The van der Waals surface area contributed by atoms with Gasteiger partial charge < -0.3 is 19.8 Å². The normalized spacial score (nSPS) is 23.4. The van der Waals surface area contributed by atoms with E-state index in [1.807, 2.05) is 25.8 Å². The first-order valence-corrected chi connectivity index (χ1v) is 8.38. The number of hydrogen-bond donors (Lipinski definition) is 1.